The quantitative estimate of drug-likeness (QED) is 0.643. The predicted octanol–water partition coefficient (Wildman–Crippen LogP) is 3.62. The Bertz CT molecular complexity index is 1040. The number of amides is 1. The first-order valence-electron chi connectivity index (χ1n) is 9.86. The maximum Gasteiger partial charge on any atom is 0.407 e. The first-order chi connectivity index (χ1) is 14.6. The first kappa shape index (κ1) is 20.2. The van der Waals surface area contributed by atoms with Crippen molar-refractivity contribution >= 4 is 40.4 Å². The Labute approximate surface area is 179 Å². The molecule has 0 saturated carbocycles. The second-order valence-electron chi connectivity index (χ2n) is 7.05. The van der Waals surface area contributed by atoms with Gasteiger partial charge in [0.15, 0.2) is 0 Å². The van der Waals surface area contributed by atoms with Gasteiger partial charge in [0.05, 0.1) is 10.9 Å². The third-order valence-electron chi connectivity index (χ3n) is 5.10. The number of alkyl carbamates (subject to hydrolysis) is 1. The Kier molecular flexibility index (Phi) is 6.13. The van der Waals surface area contributed by atoms with Crippen molar-refractivity contribution in [2.24, 2.45) is 0 Å². The highest BCUT2D eigenvalue weighted by Gasteiger charge is 2.24. The van der Waals surface area contributed by atoms with Crippen LogP contribution in [-0.2, 0) is 11.3 Å². The molecule has 9 heteroatoms. The van der Waals surface area contributed by atoms with E-state index in [4.69, 9.17) is 16.3 Å². The molecular weight excluding hydrogens is 404 g/mol. The lowest BCUT2D eigenvalue weighted by atomic mass is 10.1. The minimum Gasteiger partial charge on any atom is -0.446 e. The van der Waals surface area contributed by atoms with Gasteiger partial charge < -0.3 is 20.3 Å². The second kappa shape index (κ2) is 9.13. The zero-order valence-electron chi connectivity index (χ0n) is 16.6. The fourth-order valence-electron chi connectivity index (χ4n) is 3.49. The monoisotopic (exact) mass is 426 g/mol. The molecule has 156 valence electrons. The molecule has 1 amide bonds. The van der Waals surface area contributed by atoms with Crippen LogP contribution in [0.1, 0.15) is 18.4 Å². The van der Waals surface area contributed by atoms with Crippen LogP contribution in [-0.4, -0.2) is 47.3 Å². The topological polar surface area (TPSA) is 92.3 Å². The molecule has 0 bridgehead atoms. The van der Waals surface area contributed by atoms with Crippen molar-refractivity contribution in [1.29, 1.82) is 0 Å². The SMILES string of the molecule is CNC(=O)OC1CCN(c2nccc3nc(NCc4ccccc4Cl)ncc23)CC1. The molecule has 2 aromatic heterocycles. The molecule has 8 nitrogen and oxygen atoms in total. The summed E-state index contributed by atoms with van der Waals surface area (Å²) in [5.41, 5.74) is 1.81. The molecule has 30 heavy (non-hydrogen) atoms. The number of carbonyl (C=O) groups excluding carboxylic acids is 1. The van der Waals surface area contributed by atoms with Gasteiger partial charge in [-0.3, -0.25) is 0 Å². The summed E-state index contributed by atoms with van der Waals surface area (Å²) in [6.07, 6.45) is 4.60. The van der Waals surface area contributed by atoms with Gasteiger partial charge in [-0.25, -0.2) is 19.7 Å². The van der Waals surface area contributed by atoms with Crippen molar-refractivity contribution in [3.8, 4) is 0 Å². The van der Waals surface area contributed by atoms with Crippen molar-refractivity contribution in [2.45, 2.75) is 25.5 Å². The van der Waals surface area contributed by atoms with Crippen LogP contribution >= 0.6 is 11.6 Å². The molecule has 0 atom stereocenters. The average Bonchev–Trinajstić information content (AvgIpc) is 2.78. The van der Waals surface area contributed by atoms with Crippen molar-refractivity contribution in [3.05, 3.63) is 53.3 Å². The molecule has 1 aliphatic rings. The van der Waals surface area contributed by atoms with Crippen molar-refractivity contribution in [3.63, 3.8) is 0 Å². The number of pyridine rings is 1. The Balaban J connectivity index is 1.46. The number of carbonyl (C=O) groups is 1. The summed E-state index contributed by atoms with van der Waals surface area (Å²) in [6.45, 7) is 2.04. The number of benzene rings is 1. The zero-order chi connectivity index (χ0) is 20.9. The van der Waals surface area contributed by atoms with Gasteiger partial charge in [-0.2, -0.15) is 0 Å². The van der Waals surface area contributed by atoms with Crippen molar-refractivity contribution < 1.29 is 9.53 Å². The summed E-state index contributed by atoms with van der Waals surface area (Å²) in [7, 11) is 1.56. The number of fused-ring (bicyclic) bond motifs is 1. The molecule has 1 saturated heterocycles. The van der Waals surface area contributed by atoms with E-state index in [1.165, 1.54) is 0 Å². The number of rotatable bonds is 5. The average molecular weight is 427 g/mol. The molecule has 2 N–H and O–H groups in total. The summed E-state index contributed by atoms with van der Waals surface area (Å²) < 4.78 is 5.36. The minimum absolute atomic E-state index is 0.0759. The van der Waals surface area contributed by atoms with E-state index >= 15 is 0 Å². The Morgan fingerprint density at radius 1 is 1.23 bits per heavy atom. The highest BCUT2D eigenvalue weighted by atomic mass is 35.5. The summed E-state index contributed by atoms with van der Waals surface area (Å²) in [5.74, 6) is 1.39. The third kappa shape index (κ3) is 4.54. The molecule has 1 aromatic carbocycles. The van der Waals surface area contributed by atoms with E-state index in [2.05, 4.69) is 30.5 Å². The van der Waals surface area contributed by atoms with Gasteiger partial charge in [-0.15, -0.1) is 0 Å². The molecule has 1 fully saturated rings. The maximum absolute atomic E-state index is 11.4. The van der Waals surface area contributed by atoms with Gasteiger partial charge in [-0.1, -0.05) is 29.8 Å². The van der Waals surface area contributed by atoms with Crippen LogP contribution in [0.5, 0.6) is 0 Å². The van der Waals surface area contributed by atoms with Crippen LogP contribution in [0.25, 0.3) is 10.9 Å². The molecule has 0 aliphatic carbocycles. The fraction of sp³-hybridized carbons (Fsp3) is 0.333. The lowest BCUT2D eigenvalue weighted by Crippen LogP contribution is -2.39. The number of hydrogen-bond acceptors (Lipinski definition) is 7. The zero-order valence-corrected chi connectivity index (χ0v) is 17.4. The summed E-state index contributed by atoms with van der Waals surface area (Å²) >= 11 is 6.21. The summed E-state index contributed by atoms with van der Waals surface area (Å²) in [4.78, 5) is 27.2. The van der Waals surface area contributed by atoms with Crippen LogP contribution in [0.2, 0.25) is 5.02 Å². The predicted molar refractivity (Wildman–Crippen MR) is 117 cm³/mol. The summed E-state index contributed by atoms with van der Waals surface area (Å²) in [5, 5.41) is 7.32. The fourth-order valence-corrected chi connectivity index (χ4v) is 3.69. The molecule has 0 unspecified atom stereocenters. The van der Waals surface area contributed by atoms with E-state index < -0.39 is 0 Å². The molecule has 0 spiro atoms. The number of anilines is 2. The van der Waals surface area contributed by atoms with Crippen LogP contribution < -0.4 is 15.5 Å². The van der Waals surface area contributed by atoms with E-state index in [1.54, 1.807) is 19.4 Å². The van der Waals surface area contributed by atoms with Crippen LogP contribution in [0.4, 0.5) is 16.6 Å². The number of hydrogen-bond donors (Lipinski definition) is 2. The second-order valence-corrected chi connectivity index (χ2v) is 7.45. The van der Waals surface area contributed by atoms with Crippen molar-refractivity contribution in [1.82, 2.24) is 20.3 Å². The number of ether oxygens (including phenoxy) is 1. The highest BCUT2D eigenvalue weighted by Crippen LogP contribution is 2.27. The van der Waals surface area contributed by atoms with E-state index in [-0.39, 0.29) is 12.2 Å². The van der Waals surface area contributed by atoms with E-state index in [0.717, 1.165) is 48.2 Å². The molecule has 3 aromatic rings. The standard InChI is InChI=1S/C21H23ClN6O2/c1-23-21(29)30-15-7-10-28(11-8-15)19-16-13-26-20(27-18(16)6-9-24-19)25-12-14-4-2-3-5-17(14)22/h2-6,9,13,15H,7-8,10-12H2,1H3,(H,23,29)(H,25,26,27). The third-order valence-corrected chi connectivity index (χ3v) is 5.47. The van der Waals surface area contributed by atoms with Gasteiger partial charge in [0.1, 0.15) is 11.9 Å². The minimum atomic E-state index is -0.387. The largest absolute Gasteiger partial charge is 0.446 e. The molecule has 3 heterocycles. The smallest absolute Gasteiger partial charge is 0.407 e. The van der Waals surface area contributed by atoms with Gasteiger partial charge >= 0.3 is 6.09 Å². The van der Waals surface area contributed by atoms with Gasteiger partial charge in [0.2, 0.25) is 5.95 Å². The maximum atomic E-state index is 11.4. The lowest BCUT2D eigenvalue weighted by molar-refractivity contribution is 0.0848. The van der Waals surface area contributed by atoms with Crippen LogP contribution in [0.3, 0.4) is 0 Å². The van der Waals surface area contributed by atoms with Gasteiger partial charge in [0, 0.05) is 56.9 Å². The molecular formula is C21H23ClN6O2. The van der Waals surface area contributed by atoms with E-state index in [0.29, 0.717) is 17.5 Å². The molecule has 0 radical (unpaired) electrons. The number of nitrogens with one attached hydrogen (secondary N) is 2. The normalized spacial score (nSPS) is 14.5. The van der Waals surface area contributed by atoms with Crippen LogP contribution in [0, 0.1) is 0 Å². The number of piperidine rings is 1. The number of halogens is 1. The Hall–Kier alpha value is -3.13. The molecule has 4 rings (SSSR count). The summed E-state index contributed by atoms with van der Waals surface area (Å²) in [6, 6.07) is 9.56. The Morgan fingerprint density at radius 2 is 2.03 bits per heavy atom. The number of nitrogens with zero attached hydrogens (tertiary/aromatic N) is 4. The molecule has 1 aliphatic heterocycles. The first-order valence-corrected chi connectivity index (χ1v) is 10.2. The van der Waals surface area contributed by atoms with E-state index in [9.17, 15) is 4.79 Å². The van der Waals surface area contributed by atoms with Crippen molar-refractivity contribution in [2.75, 3.05) is 30.4 Å². The Morgan fingerprint density at radius 3 is 2.80 bits per heavy atom. The number of aromatic nitrogens is 3. The lowest BCUT2D eigenvalue weighted by Gasteiger charge is -2.32. The van der Waals surface area contributed by atoms with E-state index in [1.807, 2.05) is 30.3 Å². The van der Waals surface area contributed by atoms with Gasteiger partial charge in [0.25, 0.3) is 0 Å². The highest BCUT2D eigenvalue weighted by molar-refractivity contribution is 6.31. The van der Waals surface area contributed by atoms with Crippen LogP contribution in [0.15, 0.2) is 42.7 Å². The van der Waals surface area contributed by atoms with Gasteiger partial charge in [-0.05, 0) is 17.7 Å².